The Kier molecular flexibility index (Phi) is 6.77. The van der Waals surface area contributed by atoms with Crippen LogP contribution in [0.5, 0.6) is 0 Å². The highest BCUT2D eigenvalue weighted by Gasteiger charge is 2.03. The molecule has 2 amide bonds. The molecule has 20 heavy (non-hydrogen) atoms. The normalized spacial score (nSPS) is 10.2. The van der Waals surface area contributed by atoms with E-state index in [9.17, 15) is 9.59 Å². The molecule has 0 saturated heterocycles. The van der Waals surface area contributed by atoms with Crippen LogP contribution >= 0.6 is 0 Å². The topological polar surface area (TPSA) is 58.2 Å². The van der Waals surface area contributed by atoms with Crippen LogP contribution in [-0.2, 0) is 9.59 Å². The largest absolute Gasteiger partial charge is 0.356 e. The molecule has 0 spiro atoms. The molecule has 0 radical (unpaired) electrons. The lowest BCUT2D eigenvalue weighted by Gasteiger charge is -2.07. The molecule has 0 saturated carbocycles. The number of rotatable bonds is 7. The van der Waals surface area contributed by atoms with Gasteiger partial charge in [0.25, 0.3) is 0 Å². The van der Waals surface area contributed by atoms with Crippen molar-refractivity contribution in [3.63, 3.8) is 0 Å². The third-order valence-electron chi connectivity index (χ3n) is 2.96. The summed E-state index contributed by atoms with van der Waals surface area (Å²) in [6.45, 7) is 6.24. The summed E-state index contributed by atoms with van der Waals surface area (Å²) in [5.74, 6) is 0.0482. The molecule has 4 nitrogen and oxygen atoms in total. The number of nitrogens with one attached hydrogen (secondary N) is 2. The maximum Gasteiger partial charge on any atom is 0.224 e. The van der Waals surface area contributed by atoms with Gasteiger partial charge in [0.2, 0.25) is 11.8 Å². The van der Waals surface area contributed by atoms with Crippen LogP contribution in [0.25, 0.3) is 0 Å². The van der Waals surface area contributed by atoms with Gasteiger partial charge >= 0.3 is 0 Å². The Morgan fingerprint density at radius 3 is 2.25 bits per heavy atom. The molecular weight excluding hydrogens is 252 g/mol. The van der Waals surface area contributed by atoms with E-state index in [1.807, 2.05) is 26.0 Å². The van der Waals surface area contributed by atoms with Crippen LogP contribution in [0.1, 0.15) is 43.7 Å². The lowest BCUT2D eigenvalue weighted by atomic mass is 10.1. The molecule has 1 aromatic rings. The highest BCUT2D eigenvalue weighted by molar-refractivity contribution is 5.90. The number of amides is 2. The predicted molar refractivity (Wildman–Crippen MR) is 81.7 cm³/mol. The van der Waals surface area contributed by atoms with Gasteiger partial charge in [-0.3, -0.25) is 9.59 Å². The molecule has 0 unspecified atom stereocenters. The Morgan fingerprint density at radius 1 is 1.00 bits per heavy atom. The number of unbranched alkanes of at least 4 members (excludes halogenated alkanes) is 2. The van der Waals surface area contributed by atoms with Crippen molar-refractivity contribution in [2.24, 2.45) is 0 Å². The van der Waals surface area contributed by atoms with Crippen LogP contribution < -0.4 is 10.6 Å². The summed E-state index contributed by atoms with van der Waals surface area (Å²) >= 11 is 0. The molecule has 0 heterocycles. The Morgan fingerprint density at radius 2 is 1.65 bits per heavy atom. The Bertz CT molecular complexity index is 449. The predicted octanol–water partition coefficient (Wildman–Crippen LogP) is 2.94. The second-order valence-electron chi connectivity index (χ2n) is 5.22. The molecule has 1 rings (SSSR count). The molecule has 0 fully saturated rings. The SMILES string of the molecule is CC(=O)NCCCCCC(=O)Nc1cc(C)cc(C)c1. The van der Waals surface area contributed by atoms with E-state index in [1.54, 1.807) is 0 Å². The summed E-state index contributed by atoms with van der Waals surface area (Å²) in [5.41, 5.74) is 3.16. The Hall–Kier alpha value is -1.84. The van der Waals surface area contributed by atoms with E-state index in [-0.39, 0.29) is 11.8 Å². The number of benzene rings is 1. The van der Waals surface area contributed by atoms with Crippen molar-refractivity contribution in [3.05, 3.63) is 29.3 Å². The molecule has 110 valence electrons. The van der Waals surface area contributed by atoms with Crippen molar-refractivity contribution in [1.82, 2.24) is 5.32 Å². The minimum absolute atomic E-state index is 0.00226. The second kappa shape index (κ2) is 8.35. The van der Waals surface area contributed by atoms with Crippen molar-refractivity contribution in [3.8, 4) is 0 Å². The fraction of sp³-hybridized carbons (Fsp3) is 0.500. The minimum atomic E-state index is -0.00226. The molecule has 1 aromatic carbocycles. The van der Waals surface area contributed by atoms with Crippen molar-refractivity contribution < 1.29 is 9.59 Å². The van der Waals surface area contributed by atoms with E-state index in [0.29, 0.717) is 13.0 Å². The smallest absolute Gasteiger partial charge is 0.224 e. The summed E-state index contributed by atoms with van der Waals surface area (Å²) in [5, 5.41) is 5.67. The summed E-state index contributed by atoms with van der Waals surface area (Å²) in [4.78, 5) is 22.5. The maximum atomic E-state index is 11.8. The summed E-state index contributed by atoms with van der Waals surface area (Å²) < 4.78 is 0. The van der Waals surface area contributed by atoms with Gasteiger partial charge in [-0.25, -0.2) is 0 Å². The molecule has 0 aromatic heterocycles. The first-order valence-corrected chi connectivity index (χ1v) is 7.10. The van der Waals surface area contributed by atoms with Crippen LogP contribution in [0.2, 0.25) is 0 Å². The van der Waals surface area contributed by atoms with Gasteiger partial charge in [0, 0.05) is 25.6 Å². The number of carbonyl (C=O) groups excluding carboxylic acids is 2. The zero-order chi connectivity index (χ0) is 15.0. The standard InChI is InChI=1S/C16H24N2O2/c1-12-9-13(2)11-15(10-12)18-16(20)7-5-4-6-8-17-14(3)19/h9-11H,4-8H2,1-3H3,(H,17,19)(H,18,20). The molecule has 0 aliphatic heterocycles. The van der Waals surface area contributed by atoms with Gasteiger partial charge in [0.15, 0.2) is 0 Å². The van der Waals surface area contributed by atoms with E-state index >= 15 is 0 Å². The average Bonchev–Trinajstić information content (AvgIpc) is 2.31. The van der Waals surface area contributed by atoms with Crippen molar-refractivity contribution in [2.45, 2.75) is 46.5 Å². The van der Waals surface area contributed by atoms with Gasteiger partial charge in [0.1, 0.15) is 0 Å². The molecule has 0 aliphatic carbocycles. The van der Waals surface area contributed by atoms with Crippen LogP contribution in [0, 0.1) is 13.8 Å². The van der Waals surface area contributed by atoms with Gasteiger partial charge in [0.05, 0.1) is 0 Å². The number of hydrogen-bond acceptors (Lipinski definition) is 2. The van der Waals surface area contributed by atoms with E-state index in [1.165, 1.54) is 6.92 Å². The van der Waals surface area contributed by atoms with Crippen LogP contribution in [0.4, 0.5) is 5.69 Å². The zero-order valence-corrected chi connectivity index (χ0v) is 12.6. The monoisotopic (exact) mass is 276 g/mol. The molecule has 0 aliphatic rings. The van der Waals surface area contributed by atoms with E-state index in [0.717, 1.165) is 36.1 Å². The van der Waals surface area contributed by atoms with Gasteiger partial charge in [-0.05, 0) is 49.9 Å². The number of carbonyl (C=O) groups is 2. The van der Waals surface area contributed by atoms with Crippen molar-refractivity contribution in [1.29, 1.82) is 0 Å². The molecule has 0 atom stereocenters. The van der Waals surface area contributed by atoms with Gasteiger partial charge < -0.3 is 10.6 Å². The molecule has 0 bridgehead atoms. The maximum absolute atomic E-state index is 11.8. The van der Waals surface area contributed by atoms with E-state index < -0.39 is 0 Å². The summed E-state index contributed by atoms with van der Waals surface area (Å²) in [6.07, 6.45) is 3.22. The fourth-order valence-electron chi connectivity index (χ4n) is 2.12. The zero-order valence-electron chi connectivity index (χ0n) is 12.6. The fourth-order valence-corrected chi connectivity index (χ4v) is 2.12. The average molecular weight is 276 g/mol. The van der Waals surface area contributed by atoms with Crippen molar-refractivity contribution in [2.75, 3.05) is 11.9 Å². The minimum Gasteiger partial charge on any atom is -0.356 e. The molecular formula is C16H24N2O2. The first kappa shape index (κ1) is 16.2. The van der Waals surface area contributed by atoms with E-state index in [4.69, 9.17) is 0 Å². The Balaban J connectivity index is 2.21. The van der Waals surface area contributed by atoms with Crippen LogP contribution in [0.15, 0.2) is 18.2 Å². The molecule has 2 N–H and O–H groups in total. The van der Waals surface area contributed by atoms with Gasteiger partial charge in [-0.1, -0.05) is 12.5 Å². The molecule has 4 heteroatoms. The quantitative estimate of drug-likeness (QED) is 0.752. The Labute approximate surface area is 121 Å². The summed E-state index contributed by atoms with van der Waals surface area (Å²) in [7, 11) is 0. The van der Waals surface area contributed by atoms with Crippen LogP contribution in [0.3, 0.4) is 0 Å². The third kappa shape index (κ3) is 6.92. The lowest BCUT2D eigenvalue weighted by Crippen LogP contribution is -2.20. The van der Waals surface area contributed by atoms with E-state index in [2.05, 4.69) is 16.7 Å². The third-order valence-corrected chi connectivity index (χ3v) is 2.96. The van der Waals surface area contributed by atoms with Crippen LogP contribution in [-0.4, -0.2) is 18.4 Å². The highest BCUT2D eigenvalue weighted by atomic mass is 16.2. The summed E-state index contributed by atoms with van der Waals surface area (Å²) in [6, 6.07) is 6.03. The van der Waals surface area contributed by atoms with Gasteiger partial charge in [-0.15, -0.1) is 0 Å². The highest BCUT2D eigenvalue weighted by Crippen LogP contribution is 2.14. The van der Waals surface area contributed by atoms with Crippen molar-refractivity contribution >= 4 is 17.5 Å². The first-order valence-electron chi connectivity index (χ1n) is 7.10. The number of aryl methyl sites for hydroxylation is 2. The second-order valence-corrected chi connectivity index (χ2v) is 5.22. The number of hydrogen-bond donors (Lipinski definition) is 2. The lowest BCUT2D eigenvalue weighted by molar-refractivity contribution is -0.119. The number of anilines is 1. The first-order chi connectivity index (χ1) is 9.47. The van der Waals surface area contributed by atoms with Gasteiger partial charge in [-0.2, -0.15) is 0 Å².